The first-order chi connectivity index (χ1) is 14.3. The van der Waals surface area contributed by atoms with Crippen LogP contribution in [0.1, 0.15) is 24.0 Å². The van der Waals surface area contributed by atoms with Gasteiger partial charge < -0.3 is 15.0 Å². The zero-order chi connectivity index (χ0) is 19.9. The van der Waals surface area contributed by atoms with Crippen molar-refractivity contribution in [1.82, 2.24) is 10.3 Å². The minimum absolute atomic E-state index is 0.103. The molecule has 0 aliphatic carbocycles. The summed E-state index contributed by atoms with van der Waals surface area (Å²) in [4.78, 5) is 19.0. The zero-order valence-electron chi connectivity index (χ0n) is 16.3. The Morgan fingerprint density at radius 2 is 2.03 bits per heavy atom. The van der Waals surface area contributed by atoms with Crippen molar-refractivity contribution in [2.75, 3.05) is 18.0 Å². The van der Waals surface area contributed by atoms with Crippen LogP contribution in [0.3, 0.4) is 0 Å². The summed E-state index contributed by atoms with van der Waals surface area (Å²) in [7, 11) is 0. The highest BCUT2D eigenvalue weighted by molar-refractivity contribution is 7.13. The molecule has 5 nitrogen and oxygen atoms in total. The minimum atomic E-state index is 0.103. The second kappa shape index (κ2) is 9.56. The fourth-order valence-electron chi connectivity index (χ4n) is 3.51. The van der Waals surface area contributed by atoms with E-state index in [0.717, 1.165) is 41.5 Å². The van der Waals surface area contributed by atoms with Crippen LogP contribution in [0.4, 0.5) is 5.13 Å². The molecule has 29 heavy (non-hydrogen) atoms. The number of nitrogens with zero attached hydrogens (tertiary/aromatic N) is 2. The SMILES string of the molecule is O=C(CCc1cccc(OCc2ccccc2)c1)NC1CCN(c2nccs2)C1. The number of nitrogens with one attached hydrogen (secondary N) is 1. The summed E-state index contributed by atoms with van der Waals surface area (Å²) in [6.45, 7) is 2.32. The lowest BCUT2D eigenvalue weighted by molar-refractivity contribution is -0.121. The largest absolute Gasteiger partial charge is 0.489 e. The van der Waals surface area contributed by atoms with Crippen molar-refractivity contribution in [2.45, 2.75) is 31.9 Å². The van der Waals surface area contributed by atoms with E-state index in [0.29, 0.717) is 19.4 Å². The second-order valence-electron chi connectivity index (χ2n) is 7.24. The van der Waals surface area contributed by atoms with Gasteiger partial charge in [-0.2, -0.15) is 0 Å². The quantitative estimate of drug-likeness (QED) is 0.612. The summed E-state index contributed by atoms with van der Waals surface area (Å²) in [5.74, 6) is 0.938. The molecular weight excluding hydrogens is 382 g/mol. The van der Waals surface area contributed by atoms with Crippen LogP contribution in [0.15, 0.2) is 66.2 Å². The van der Waals surface area contributed by atoms with Crippen molar-refractivity contribution in [3.63, 3.8) is 0 Å². The van der Waals surface area contributed by atoms with Gasteiger partial charge in [0, 0.05) is 37.1 Å². The molecule has 0 saturated carbocycles. The van der Waals surface area contributed by atoms with Crippen LogP contribution >= 0.6 is 11.3 Å². The van der Waals surface area contributed by atoms with E-state index in [4.69, 9.17) is 4.74 Å². The van der Waals surface area contributed by atoms with Crippen LogP contribution in [0.5, 0.6) is 5.75 Å². The van der Waals surface area contributed by atoms with Gasteiger partial charge in [0.05, 0.1) is 0 Å². The molecule has 0 radical (unpaired) electrons. The molecule has 2 aromatic carbocycles. The maximum absolute atomic E-state index is 12.4. The summed E-state index contributed by atoms with van der Waals surface area (Å²) in [5.41, 5.74) is 2.25. The molecule has 1 N–H and O–H groups in total. The third-order valence-corrected chi connectivity index (χ3v) is 5.86. The van der Waals surface area contributed by atoms with Crippen molar-refractivity contribution in [3.05, 3.63) is 77.3 Å². The lowest BCUT2D eigenvalue weighted by Crippen LogP contribution is -2.37. The van der Waals surface area contributed by atoms with Crippen LogP contribution in [0.2, 0.25) is 0 Å². The Bertz CT molecular complexity index is 915. The van der Waals surface area contributed by atoms with Crippen LogP contribution in [0, 0.1) is 0 Å². The molecule has 1 fully saturated rings. The Kier molecular flexibility index (Phi) is 6.42. The van der Waals surface area contributed by atoms with E-state index >= 15 is 0 Å². The van der Waals surface area contributed by atoms with E-state index in [-0.39, 0.29) is 11.9 Å². The number of thiazole rings is 1. The Hall–Kier alpha value is -2.86. The van der Waals surface area contributed by atoms with Gasteiger partial charge >= 0.3 is 0 Å². The van der Waals surface area contributed by atoms with Gasteiger partial charge in [-0.3, -0.25) is 4.79 Å². The maximum atomic E-state index is 12.4. The summed E-state index contributed by atoms with van der Waals surface area (Å²) in [5, 5.41) is 6.19. The monoisotopic (exact) mass is 407 g/mol. The predicted octanol–water partition coefficient (Wildman–Crippen LogP) is 4.05. The number of benzene rings is 2. The molecule has 3 aromatic rings. The molecule has 1 aliphatic rings. The normalized spacial score (nSPS) is 16.0. The smallest absolute Gasteiger partial charge is 0.220 e. The molecule has 2 heterocycles. The molecule has 150 valence electrons. The van der Waals surface area contributed by atoms with E-state index in [2.05, 4.69) is 15.2 Å². The average Bonchev–Trinajstić information content (AvgIpc) is 3.44. The van der Waals surface area contributed by atoms with E-state index in [1.54, 1.807) is 11.3 Å². The van der Waals surface area contributed by atoms with Gasteiger partial charge in [-0.1, -0.05) is 42.5 Å². The predicted molar refractivity (Wildman–Crippen MR) is 116 cm³/mol. The van der Waals surface area contributed by atoms with Gasteiger partial charge in [0.1, 0.15) is 12.4 Å². The lowest BCUT2D eigenvalue weighted by Gasteiger charge is -2.16. The topological polar surface area (TPSA) is 54.5 Å². The molecule has 1 saturated heterocycles. The summed E-state index contributed by atoms with van der Waals surface area (Å²) in [6.07, 6.45) is 3.98. The first kappa shape index (κ1) is 19.5. The highest BCUT2D eigenvalue weighted by atomic mass is 32.1. The minimum Gasteiger partial charge on any atom is -0.489 e. The van der Waals surface area contributed by atoms with Crippen LogP contribution in [0.25, 0.3) is 0 Å². The molecule has 1 aromatic heterocycles. The third-order valence-electron chi connectivity index (χ3n) is 5.03. The number of rotatable bonds is 8. The molecule has 0 spiro atoms. The highest BCUT2D eigenvalue weighted by Gasteiger charge is 2.25. The van der Waals surface area contributed by atoms with Gasteiger partial charge in [-0.15, -0.1) is 11.3 Å². The molecule has 1 unspecified atom stereocenters. The number of aromatic nitrogens is 1. The molecule has 4 rings (SSSR count). The number of carbonyl (C=O) groups is 1. The number of hydrogen-bond acceptors (Lipinski definition) is 5. The van der Waals surface area contributed by atoms with E-state index < -0.39 is 0 Å². The van der Waals surface area contributed by atoms with Gasteiger partial charge in [0.15, 0.2) is 5.13 Å². The van der Waals surface area contributed by atoms with Crippen molar-refractivity contribution >= 4 is 22.4 Å². The Morgan fingerprint density at radius 3 is 2.86 bits per heavy atom. The van der Waals surface area contributed by atoms with Crippen LogP contribution < -0.4 is 15.0 Å². The number of ether oxygens (including phenoxy) is 1. The number of amides is 1. The third kappa shape index (κ3) is 5.57. The fourth-order valence-corrected chi connectivity index (χ4v) is 4.19. The molecule has 1 aliphatic heterocycles. The van der Waals surface area contributed by atoms with E-state index in [1.807, 2.05) is 66.2 Å². The van der Waals surface area contributed by atoms with Crippen LogP contribution in [-0.4, -0.2) is 30.0 Å². The Balaban J connectivity index is 1.22. The van der Waals surface area contributed by atoms with Crippen molar-refractivity contribution in [2.24, 2.45) is 0 Å². The van der Waals surface area contributed by atoms with Crippen molar-refractivity contribution < 1.29 is 9.53 Å². The average molecular weight is 408 g/mol. The highest BCUT2D eigenvalue weighted by Crippen LogP contribution is 2.22. The number of carbonyl (C=O) groups excluding carboxylic acids is 1. The first-order valence-electron chi connectivity index (χ1n) is 9.96. The second-order valence-corrected chi connectivity index (χ2v) is 8.11. The summed E-state index contributed by atoms with van der Waals surface area (Å²) in [6, 6.07) is 18.3. The van der Waals surface area contributed by atoms with Crippen molar-refractivity contribution in [3.8, 4) is 5.75 Å². The van der Waals surface area contributed by atoms with Crippen LogP contribution in [-0.2, 0) is 17.8 Å². The summed E-state index contributed by atoms with van der Waals surface area (Å²) >= 11 is 1.64. The molecule has 6 heteroatoms. The molecule has 1 atom stereocenters. The van der Waals surface area contributed by atoms with E-state index in [9.17, 15) is 4.79 Å². The zero-order valence-corrected chi connectivity index (χ0v) is 17.1. The lowest BCUT2D eigenvalue weighted by atomic mass is 10.1. The van der Waals surface area contributed by atoms with Gasteiger partial charge in [-0.05, 0) is 36.1 Å². The van der Waals surface area contributed by atoms with Gasteiger partial charge in [0.2, 0.25) is 5.91 Å². The summed E-state index contributed by atoms with van der Waals surface area (Å²) < 4.78 is 5.88. The molecule has 1 amide bonds. The molecule has 0 bridgehead atoms. The van der Waals surface area contributed by atoms with Gasteiger partial charge in [0.25, 0.3) is 0 Å². The van der Waals surface area contributed by atoms with Gasteiger partial charge in [-0.25, -0.2) is 4.98 Å². The van der Waals surface area contributed by atoms with Crippen molar-refractivity contribution in [1.29, 1.82) is 0 Å². The number of anilines is 1. The number of aryl methyl sites for hydroxylation is 1. The Morgan fingerprint density at radius 1 is 1.17 bits per heavy atom. The number of hydrogen-bond donors (Lipinski definition) is 1. The Labute approximate surface area is 175 Å². The van der Waals surface area contributed by atoms with E-state index in [1.165, 1.54) is 0 Å². The fraction of sp³-hybridized carbons (Fsp3) is 0.304. The first-order valence-corrected chi connectivity index (χ1v) is 10.8. The maximum Gasteiger partial charge on any atom is 0.220 e. The standard InChI is InChI=1S/C23H25N3O2S/c27-22(25-20-11-13-26(16-20)23-24-12-14-29-23)10-9-18-7-4-8-21(15-18)28-17-19-5-2-1-3-6-19/h1-8,12,14-15,20H,9-11,13,16-17H2,(H,25,27). The molecular formula is C23H25N3O2S.